The van der Waals surface area contributed by atoms with Crippen molar-refractivity contribution in [3.63, 3.8) is 0 Å². The zero-order valence-corrected chi connectivity index (χ0v) is 12.9. The summed E-state index contributed by atoms with van der Waals surface area (Å²) in [4.78, 5) is 11.9. The van der Waals surface area contributed by atoms with Gasteiger partial charge in [0.05, 0.1) is 7.11 Å². The Morgan fingerprint density at radius 2 is 2.30 bits per heavy atom. The molecule has 0 saturated carbocycles. The van der Waals surface area contributed by atoms with Gasteiger partial charge in [0.25, 0.3) is 7.07 Å². The predicted molar refractivity (Wildman–Crippen MR) is 77.9 cm³/mol. The molecule has 20 heavy (non-hydrogen) atoms. The van der Waals surface area contributed by atoms with Crippen LogP contribution in [0.1, 0.15) is 18.4 Å². The summed E-state index contributed by atoms with van der Waals surface area (Å²) in [7, 11) is -1.26. The van der Waals surface area contributed by atoms with Gasteiger partial charge < -0.3 is 21.5 Å². The first-order valence-corrected chi connectivity index (χ1v) is 9.10. The highest BCUT2D eigenvalue weighted by molar-refractivity contribution is 8.37. The Balaban J connectivity index is 1.85. The van der Waals surface area contributed by atoms with Gasteiger partial charge in [-0.1, -0.05) is 18.2 Å². The second-order valence-corrected chi connectivity index (χ2v) is 8.06. The van der Waals surface area contributed by atoms with Crippen LogP contribution in [-0.4, -0.2) is 30.3 Å². The molecule has 108 valence electrons. The van der Waals surface area contributed by atoms with Gasteiger partial charge in [0.2, 0.25) is 0 Å². The highest BCUT2D eigenvalue weighted by atomic mass is 32.7. The number of benzene rings is 1. The lowest BCUT2D eigenvalue weighted by molar-refractivity contribution is -0.144. The average Bonchev–Trinajstić information content (AvgIpc) is 2.96. The number of para-hydroxylation sites is 1. The van der Waals surface area contributed by atoms with Gasteiger partial charge in [-0.3, -0.25) is 4.79 Å². The van der Waals surface area contributed by atoms with Crippen molar-refractivity contribution in [3.8, 4) is 5.75 Å². The predicted octanol–water partition coefficient (Wildman–Crippen LogP) is 2.46. The molecule has 7 heteroatoms. The van der Waals surface area contributed by atoms with E-state index in [1.165, 1.54) is 7.11 Å². The minimum atomic E-state index is -2.65. The van der Waals surface area contributed by atoms with Gasteiger partial charge in [-0.15, -0.1) is 4.67 Å². The summed E-state index contributed by atoms with van der Waals surface area (Å²) < 4.78 is 18.5. The monoisotopic (exact) mass is 313 g/mol. The number of methoxy groups -OCH3 is 1. The zero-order chi connectivity index (χ0) is 14.2. The van der Waals surface area contributed by atoms with Crippen molar-refractivity contribution in [3.05, 3.63) is 29.8 Å². The molecule has 3 rings (SSSR count). The molecule has 1 unspecified atom stereocenters. The molecule has 0 bridgehead atoms. The highest BCUT2D eigenvalue weighted by Crippen LogP contribution is 2.66. The Bertz CT molecular complexity index is 529. The van der Waals surface area contributed by atoms with E-state index in [1.54, 1.807) is 0 Å². The second kappa shape index (κ2) is 5.53. The van der Waals surface area contributed by atoms with E-state index in [0.717, 1.165) is 24.2 Å². The standard InChI is InChI=1S/C13H16NO4PS/c1-16-13(15)11-6-4-8-14(11)19(20)17-9-10-5-2-3-7-12(10)18-19/h2-3,5,7,11H,4,6,8-9H2,1H3/t11-,19?/m0/s1. The van der Waals surface area contributed by atoms with Crippen molar-refractivity contribution < 1.29 is 18.6 Å². The Kier molecular flexibility index (Phi) is 3.91. The van der Waals surface area contributed by atoms with Crippen LogP contribution >= 0.6 is 7.07 Å². The van der Waals surface area contributed by atoms with E-state index in [1.807, 2.05) is 28.9 Å². The average molecular weight is 313 g/mol. The molecule has 1 fully saturated rings. The molecule has 0 amide bonds. The van der Waals surface area contributed by atoms with Crippen molar-refractivity contribution in [1.29, 1.82) is 0 Å². The van der Waals surface area contributed by atoms with E-state index >= 15 is 0 Å². The third-order valence-electron chi connectivity index (χ3n) is 3.58. The molecule has 2 heterocycles. The fourth-order valence-corrected chi connectivity index (χ4v) is 5.52. The van der Waals surface area contributed by atoms with Crippen LogP contribution in [0.5, 0.6) is 5.75 Å². The zero-order valence-electron chi connectivity index (χ0n) is 11.2. The van der Waals surface area contributed by atoms with E-state index in [-0.39, 0.29) is 12.0 Å². The molecular formula is C13H16NO4PS. The molecule has 0 aliphatic carbocycles. The fraction of sp³-hybridized carbons (Fsp3) is 0.462. The maximum Gasteiger partial charge on any atom is 0.326 e. The minimum Gasteiger partial charge on any atom is -0.468 e. The lowest BCUT2D eigenvalue weighted by atomic mass is 10.2. The van der Waals surface area contributed by atoms with Gasteiger partial charge in [-0.2, -0.15) is 4.52 Å². The second-order valence-electron chi connectivity index (χ2n) is 4.79. The molecule has 0 spiro atoms. The van der Waals surface area contributed by atoms with E-state index < -0.39 is 7.07 Å². The van der Waals surface area contributed by atoms with Crippen LogP contribution in [0.3, 0.4) is 0 Å². The van der Waals surface area contributed by atoms with Crippen LogP contribution in [0.2, 0.25) is 0 Å². The third kappa shape index (κ3) is 2.42. The number of carbonyl (C=O) groups excluding carboxylic acids is 1. The topological polar surface area (TPSA) is 48.0 Å². The van der Waals surface area contributed by atoms with Crippen LogP contribution in [0.4, 0.5) is 0 Å². The summed E-state index contributed by atoms with van der Waals surface area (Å²) >= 11 is 5.62. The first kappa shape index (κ1) is 14.1. The summed E-state index contributed by atoms with van der Waals surface area (Å²) in [6.45, 7) is 1.14. The SMILES string of the molecule is COC(=O)[C@@H]1CCCN1[P+]1([S-])OCc2ccccc2O1. The Labute approximate surface area is 123 Å². The van der Waals surface area contributed by atoms with Crippen LogP contribution < -0.4 is 4.52 Å². The number of carbonyl (C=O) groups is 1. The summed E-state index contributed by atoms with van der Waals surface area (Å²) in [6.07, 6.45) is 1.63. The molecule has 1 aromatic carbocycles. The number of hydrogen-bond donors (Lipinski definition) is 0. The van der Waals surface area contributed by atoms with Crippen LogP contribution in [0.15, 0.2) is 24.3 Å². The van der Waals surface area contributed by atoms with Crippen LogP contribution in [0, 0.1) is 0 Å². The first-order valence-electron chi connectivity index (χ1n) is 6.51. The molecule has 0 N–H and O–H groups in total. The third-order valence-corrected chi connectivity index (χ3v) is 6.74. The largest absolute Gasteiger partial charge is 0.468 e. The first-order chi connectivity index (χ1) is 9.64. The molecule has 0 radical (unpaired) electrons. The van der Waals surface area contributed by atoms with E-state index in [0.29, 0.717) is 13.2 Å². The van der Waals surface area contributed by atoms with Gasteiger partial charge in [0, 0.05) is 12.1 Å². The molecule has 2 aliphatic rings. The number of hydrogen-bond acceptors (Lipinski definition) is 6. The molecule has 2 atom stereocenters. The molecule has 2 aliphatic heterocycles. The lowest BCUT2D eigenvalue weighted by Crippen LogP contribution is -2.39. The molecule has 0 aromatic heterocycles. The van der Waals surface area contributed by atoms with Gasteiger partial charge in [-0.25, -0.2) is 0 Å². The van der Waals surface area contributed by atoms with Crippen molar-refractivity contribution in [2.45, 2.75) is 25.5 Å². The van der Waals surface area contributed by atoms with Gasteiger partial charge in [0.15, 0.2) is 5.75 Å². The number of nitrogens with zero attached hydrogens (tertiary/aromatic N) is 1. The Morgan fingerprint density at radius 1 is 1.50 bits per heavy atom. The maximum absolute atomic E-state index is 11.9. The van der Waals surface area contributed by atoms with Crippen molar-refractivity contribution in [1.82, 2.24) is 4.67 Å². The summed E-state index contributed by atoms with van der Waals surface area (Å²) in [5.41, 5.74) is 0.988. The quantitative estimate of drug-likeness (QED) is 0.475. The summed E-state index contributed by atoms with van der Waals surface area (Å²) in [6, 6.07) is 7.34. The van der Waals surface area contributed by atoms with Crippen molar-refractivity contribution >= 4 is 25.3 Å². The number of rotatable bonds is 2. The van der Waals surface area contributed by atoms with E-state index in [2.05, 4.69) is 0 Å². The normalized spacial score (nSPS) is 29.6. The fourth-order valence-electron chi connectivity index (χ4n) is 2.56. The maximum atomic E-state index is 11.9. The number of ether oxygens (including phenoxy) is 1. The van der Waals surface area contributed by atoms with E-state index in [4.69, 9.17) is 26.0 Å². The number of esters is 1. The van der Waals surface area contributed by atoms with Crippen molar-refractivity contribution in [2.24, 2.45) is 0 Å². The summed E-state index contributed by atoms with van der Waals surface area (Å²) in [5, 5.41) is 0. The summed E-state index contributed by atoms with van der Waals surface area (Å²) in [5.74, 6) is 0.496. The molecule has 5 nitrogen and oxygen atoms in total. The van der Waals surface area contributed by atoms with Crippen LogP contribution in [-0.2, 0) is 32.9 Å². The minimum absolute atomic E-state index is 0.266. The Morgan fingerprint density at radius 3 is 3.10 bits per heavy atom. The lowest BCUT2D eigenvalue weighted by Gasteiger charge is -2.39. The van der Waals surface area contributed by atoms with Gasteiger partial charge in [0.1, 0.15) is 12.6 Å². The molecule has 1 saturated heterocycles. The molecule has 1 aromatic rings. The van der Waals surface area contributed by atoms with E-state index in [9.17, 15) is 4.79 Å². The Hall–Kier alpha value is -0.810. The van der Waals surface area contributed by atoms with Crippen molar-refractivity contribution in [2.75, 3.05) is 13.7 Å². The number of fused-ring (bicyclic) bond motifs is 1. The highest BCUT2D eigenvalue weighted by Gasteiger charge is 2.50. The van der Waals surface area contributed by atoms with Gasteiger partial charge in [-0.05, 0) is 18.9 Å². The van der Waals surface area contributed by atoms with Gasteiger partial charge >= 0.3 is 5.97 Å². The van der Waals surface area contributed by atoms with Crippen LogP contribution in [0.25, 0.3) is 0 Å². The smallest absolute Gasteiger partial charge is 0.326 e. The molecular weight excluding hydrogens is 297 g/mol.